The molecule has 0 saturated heterocycles. The zero-order valence-electron chi connectivity index (χ0n) is 5.29. The van der Waals surface area contributed by atoms with E-state index in [0.29, 0.717) is 5.29 Å². The number of nitrogens with zero attached hydrogens (tertiary/aromatic N) is 1. The SMILES string of the molecule is ClC1=NC2C=CC=CC2N1. The van der Waals surface area contributed by atoms with Gasteiger partial charge in [0.25, 0.3) is 0 Å². The van der Waals surface area contributed by atoms with Gasteiger partial charge in [-0.3, -0.25) is 0 Å². The topological polar surface area (TPSA) is 24.4 Å². The van der Waals surface area contributed by atoms with E-state index < -0.39 is 0 Å². The largest absolute Gasteiger partial charge is 0.352 e. The Balaban J connectivity index is 2.24. The Morgan fingerprint density at radius 1 is 1.40 bits per heavy atom. The molecular formula is C7H7ClN2. The highest BCUT2D eigenvalue weighted by Gasteiger charge is 2.23. The number of nitrogens with one attached hydrogen (secondary N) is 1. The van der Waals surface area contributed by atoms with Gasteiger partial charge in [-0.2, -0.15) is 0 Å². The highest BCUT2D eigenvalue weighted by atomic mass is 35.5. The molecule has 10 heavy (non-hydrogen) atoms. The van der Waals surface area contributed by atoms with Crippen molar-refractivity contribution in [2.45, 2.75) is 12.1 Å². The average molecular weight is 155 g/mol. The standard InChI is InChI=1S/C7H7ClN2/c8-7-9-5-3-1-2-4-6(5)10-7/h1-6H,(H,9,10). The van der Waals surface area contributed by atoms with Crippen LogP contribution in [0, 0.1) is 0 Å². The lowest BCUT2D eigenvalue weighted by atomic mass is 10.1. The number of hydrogen-bond donors (Lipinski definition) is 1. The van der Waals surface area contributed by atoms with E-state index >= 15 is 0 Å². The van der Waals surface area contributed by atoms with Gasteiger partial charge in [0.05, 0.1) is 12.1 Å². The fourth-order valence-corrected chi connectivity index (χ4v) is 1.40. The van der Waals surface area contributed by atoms with Gasteiger partial charge in [-0.25, -0.2) is 4.99 Å². The first-order valence-electron chi connectivity index (χ1n) is 3.21. The quantitative estimate of drug-likeness (QED) is 0.519. The number of allylic oxidation sites excluding steroid dienone is 2. The summed E-state index contributed by atoms with van der Waals surface area (Å²) in [6.07, 6.45) is 8.08. The molecule has 1 N–H and O–H groups in total. The minimum Gasteiger partial charge on any atom is -0.352 e. The van der Waals surface area contributed by atoms with Gasteiger partial charge in [-0.1, -0.05) is 24.3 Å². The van der Waals surface area contributed by atoms with E-state index in [1.807, 2.05) is 18.2 Å². The third-order valence-electron chi connectivity index (χ3n) is 1.65. The summed E-state index contributed by atoms with van der Waals surface area (Å²) < 4.78 is 0. The van der Waals surface area contributed by atoms with Crippen molar-refractivity contribution in [2.24, 2.45) is 4.99 Å². The van der Waals surface area contributed by atoms with Crippen LogP contribution in [0.1, 0.15) is 0 Å². The zero-order valence-corrected chi connectivity index (χ0v) is 6.05. The Morgan fingerprint density at radius 2 is 2.20 bits per heavy atom. The van der Waals surface area contributed by atoms with Crippen molar-refractivity contribution in [3.05, 3.63) is 24.3 Å². The summed E-state index contributed by atoms with van der Waals surface area (Å²) in [7, 11) is 0. The Kier molecular flexibility index (Phi) is 1.27. The normalized spacial score (nSPS) is 35.1. The van der Waals surface area contributed by atoms with Gasteiger partial charge < -0.3 is 5.32 Å². The molecule has 2 unspecified atom stereocenters. The summed E-state index contributed by atoms with van der Waals surface area (Å²) in [6.45, 7) is 0. The molecule has 0 spiro atoms. The van der Waals surface area contributed by atoms with Gasteiger partial charge in [0.15, 0.2) is 5.29 Å². The lowest BCUT2D eigenvalue weighted by Gasteiger charge is -2.12. The van der Waals surface area contributed by atoms with Crippen molar-refractivity contribution in [2.75, 3.05) is 0 Å². The predicted molar refractivity (Wildman–Crippen MR) is 42.3 cm³/mol. The summed E-state index contributed by atoms with van der Waals surface area (Å²) in [5.41, 5.74) is 0. The number of amidine groups is 1. The minimum atomic E-state index is 0.220. The molecule has 1 heterocycles. The van der Waals surface area contributed by atoms with Crippen molar-refractivity contribution in [3.8, 4) is 0 Å². The molecule has 3 heteroatoms. The van der Waals surface area contributed by atoms with Crippen molar-refractivity contribution in [1.82, 2.24) is 5.32 Å². The Labute approximate surface area is 64.3 Å². The van der Waals surface area contributed by atoms with Crippen LogP contribution >= 0.6 is 11.6 Å². The third kappa shape index (κ3) is 0.847. The first-order chi connectivity index (χ1) is 4.86. The molecule has 2 rings (SSSR count). The van der Waals surface area contributed by atoms with Gasteiger partial charge in [0, 0.05) is 0 Å². The highest BCUT2D eigenvalue weighted by Crippen LogP contribution is 2.14. The maximum absolute atomic E-state index is 5.66. The molecule has 0 aromatic heterocycles. The van der Waals surface area contributed by atoms with Gasteiger partial charge in [0.2, 0.25) is 0 Å². The molecular weight excluding hydrogens is 148 g/mol. The van der Waals surface area contributed by atoms with E-state index in [1.54, 1.807) is 0 Å². The monoisotopic (exact) mass is 154 g/mol. The van der Waals surface area contributed by atoms with Crippen molar-refractivity contribution in [3.63, 3.8) is 0 Å². The summed E-state index contributed by atoms with van der Waals surface area (Å²) in [4.78, 5) is 4.14. The summed E-state index contributed by atoms with van der Waals surface area (Å²) in [5.74, 6) is 0. The number of halogens is 1. The molecule has 2 aliphatic rings. The molecule has 0 amide bonds. The first-order valence-corrected chi connectivity index (χ1v) is 3.59. The van der Waals surface area contributed by atoms with E-state index in [4.69, 9.17) is 11.6 Å². The molecule has 1 aliphatic carbocycles. The molecule has 0 bridgehead atoms. The van der Waals surface area contributed by atoms with Crippen LogP contribution in [0.3, 0.4) is 0 Å². The zero-order chi connectivity index (χ0) is 6.97. The molecule has 0 radical (unpaired) electrons. The molecule has 2 nitrogen and oxygen atoms in total. The van der Waals surface area contributed by atoms with E-state index in [2.05, 4.69) is 16.4 Å². The molecule has 52 valence electrons. The first kappa shape index (κ1) is 5.98. The van der Waals surface area contributed by atoms with E-state index in [-0.39, 0.29) is 12.1 Å². The third-order valence-corrected chi connectivity index (χ3v) is 1.86. The van der Waals surface area contributed by atoms with Gasteiger partial charge in [-0.15, -0.1) is 0 Å². The van der Waals surface area contributed by atoms with Crippen LogP contribution in [0.25, 0.3) is 0 Å². The molecule has 2 atom stereocenters. The fraction of sp³-hybridized carbons (Fsp3) is 0.286. The fourth-order valence-electron chi connectivity index (χ4n) is 1.16. The summed E-state index contributed by atoms with van der Waals surface area (Å²) in [5, 5.41) is 3.55. The smallest absolute Gasteiger partial charge is 0.192 e. The predicted octanol–water partition coefficient (Wildman–Crippen LogP) is 1.05. The van der Waals surface area contributed by atoms with Crippen LogP contribution < -0.4 is 5.32 Å². The van der Waals surface area contributed by atoms with Crippen LogP contribution in [-0.4, -0.2) is 17.4 Å². The van der Waals surface area contributed by atoms with Gasteiger partial charge >= 0.3 is 0 Å². The summed E-state index contributed by atoms with van der Waals surface area (Å²) >= 11 is 5.66. The number of aliphatic imine (C=N–C) groups is 1. The minimum absolute atomic E-state index is 0.220. The average Bonchev–Trinajstić information content (AvgIpc) is 2.27. The van der Waals surface area contributed by atoms with Gasteiger partial charge in [-0.05, 0) is 11.6 Å². The maximum Gasteiger partial charge on any atom is 0.192 e. The van der Waals surface area contributed by atoms with E-state index in [9.17, 15) is 0 Å². The lowest BCUT2D eigenvalue weighted by molar-refractivity contribution is 0.696. The van der Waals surface area contributed by atoms with Crippen LogP contribution in [0.4, 0.5) is 0 Å². The highest BCUT2D eigenvalue weighted by molar-refractivity contribution is 6.65. The van der Waals surface area contributed by atoms with Crippen molar-refractivity contribution in [1.29, 1.82) is 0 Å². The van der Waals surface area contributed by atoms with Gasteiger partial charge in [0.1, 0.15) is 0 Å². The molecule has 0 fully saturated rings. The molecule has 0 aromatic carbocycles. The van der Waals surface area contributed by atoms with Crippen LogP contribution in [-0.2, 0) is 0 Å². The van der Waals surface area contributed by atoms with E-state index in [0.717, 1.165) is 0 Å². The Bertz CT molecular complexity index is 230. The Hall–Kier alpha value is -0.760. The number of fused-ring (bicyclic) bond motifs is 1. The lowest BCUT2D eigenvalue weighted by Crippen LogP contribution is -2.31. The molecule has 1 aliphatic heterocycles. The maximum atomic E-state index is 5.66. The van der Waals surface area contributed by atoms with E-state index in [1.165, 1.54) is 0 Å². The van der Waals surface area contributed by atoms with Crippen LogP contribution in [0.2, 0.25) is 0 Å². The second kappa shape index (κ2) is 2.13. The molecule has 0 saturated carbocycles. The van der Waals surface area contributed by atoms with Crippen molar-refractivity contribution >= 4 is 16.9 Å². The van der Waals surface area contributed by atoms with Crippen LogP contribution in [0.5, 0.6) is 0 Å². The summed E-state index contributed by atoms with van der Waals surface area (Å²) in [6, 6.07) is 0.509. The second-order valence-electron chi connectivity index (χ2n) is 2.35. The number of rotatable bonds is 0. The van der Waals surface area contributed by atoms with Crippen LogP contribution in [0.15, 0.2) is 29.3 Å². The number of hydrogen-bond acceptors (Lipinski definition) is 2. The van der Waals surface area contributed by atoms with Crippen molar-refractivity contribution < 1.29 is 0 Å². The molecule has 0 aromatic rings. The second-order valence-corrected chi connectivity index (χ2v) is 2.71. The Morgan fingerprint density at radius 3 is 3.00 bits per heavy atom.